The zero-order chi connectivity index (χ0) is 7.61. The maximum absolute atomic E-state index is 10.3. The lowest BCUT2D eigenvalue weighted by atomic mass is 9.67. The largest absolute Gasteiger partial charge is 0.481 e. The second kappa shape index (κ2) is 2.58. The van der Waals surface area contributed by atoms with Crippen LogP contribution in [-0.2, 0) is 4.79 Å². The molecule has 0 bridgehead atoms. The molecule has 0 saturated heterocycles. The summed E-state index contributed by atoms with van der Waals surface area (Å²) in [5, 5.41) is 17.3. The van der Waals surface area contributed by atoms with Crippen LogP contribution in [0.15, 0.2) is 0 Å². The lowest BCUT2D eigenvalue weighted by Gasteiger charge is -2.38. The molecule has 0 radical (unpaired) electrons. The molecule has 3 heteroatoms. The first kappa shape index (κ1) is 7.54. The predicted octanol–water partition coefficient (Wildman–Crippen LogP) is 0.624. The van der Waals surface area contributed by atoms with Crippen molar-refractivity contribution in [3.63, 3.8) is 0 Å². The molecule has 3 nitrogen and oxygen atoms in total. The maximum atomic E-state index is 10.3. The van der Waals surface area contributed by atoms with Gasteiger partial charge in [-0.25, -0.2) is 0 Å². The van der Waals surface area contributed by atoms with E-state index in [1.165, 1.54) is 0 Å². The SMILES string of the molecule is O=C(O)CC1(CO)CCC1. The van der Waals surface area contributed by atoms with E-state index in [0.717, 1.165) is 19.3 Å². The number of carboxylic acid groups (broad SMARTS) is 1. The lowest BCUT2D eigenvalue weighted by Crippen LogP contribution is -2.35. The van der Waals surface area contributed by atoms with Crippen molar-refractivity contribution in [3.05, 3.63) is 0 Å². The highest BCUT2D eigenvalue weighted by Crippen LogP contribution is 2.43. The standard InChI is InChI=1S/C7H12O3/c8-5-7(2-1-3-7)4-6(9)10/h8H,1-5H2,(H,9,10). The van der Waals surface area contributed by atoms with Crippen LogP contribution in [0.2, 0.25) is 0 Å². The average molecular weight is 144 g/mol. The maximum Gasteiger partial charge on any atom is 0.303 e. The molecule has 0 spiro atoms. The Morgan fingerprint density at radius 3 is 2.20 bits per heavy atom. The van der Waals surface area contributed by atoms with Gasteiger partial charge in [0.1, 0.15) is 0 Å². The molecule has 0 aliphatic heterocycles. The average Bonchev–Trinajstić information content (AvgIpc) is 1.78. The van der Waals surface area contributed by atoms with Gasteiger partial charge in [0.2, 0.25) is 0 Å². The van der Waals surface area contributed by atoms with Gasteiger partial charge in [-0.15, -0.1) is 0 Å². The van der Waals surface area contributed by atoms with Crippen molar-refractivity contribution in [1.82, 2.24) is 0 Å². The van der Waals surface area contributed by atoms with E-state index in [1.54, 1.807) is 0 Å². The first-order valence-corrected chi connectivity index (χ1v) is 3.51. The zero-order valence-corrected chi connectivity index (χ0v) is 5.84. The molecule has 0 atom stereocenters. The summed E-state index contributed by atoms with van der Waals surface area (Å²) in [6.45, 7) is 0.0271. The second-order valence-electron chi connectivity index (χ2n) is 3.08. The van der Waals surface area contributed by atoms with Gasteiger partial charge in [-0.05, 0) is 12.8 Å². The lowest BCUT2D eigenvalue weighted by molar-refractivity contribution is -0.142. The van der Waals surface area contributed by atoms with Crippen LogP contribution in [-0.4, -0.2) is 22.8 Å². The molecule has 0 aromatic heterocycles. The Morgan fingerprint density at radius 2 is 2.10 bits per heavy atom. The molecule has 1 aliphatic rings. The number of hydrogen-bond acceptors (Lipinski definition) is 2. The van der Waals surface area contributed by atoms with Crippen LogP contribution in [0.1, 0.15) is 25.7 Å². The predicted molar refractivity (Wildman–Crippen MR) is 35.6 cm³/mol. The summed E-state index contributed by atoms with van der Waals surface area (Å²) in [6, 6.07) is 0. The summed E-state index contributed by atoms with van der Waals surface area (Å²) in [4.78, 5) is 10.3. The highest BCUT2D eigenvalue weighted by atomic mass is 16.4. The molecule has 0 aromatic rings. The molecule has 1 aliphatic carbocycles. The van der Waals surface area contributed by atoms with Gasteiger partial charge < -0.3 is 10.2 Å². The number of aliphatic carboxylic acids is 1. The van der Waals surface area contributed by atoms with Gasteiger partial charge in [-0.3, -0.25) is 4.79 Å². The molecule has 10 heavy (non-hydrogen) atoms. The Bertz CT molecular complexity index is 132. The van der Waals surface area contributed by atoms with Crippen LogP contribution in [0, 0.1) is 5.41 Å². The van der Waals surface area contributed by atoms with E-state index in [2.05, 4.69) is 0 Å². The number of hydrogen-bond donors (Lipinski definition) is 2. The topological polar surface area (TPSA) is 57.5 Å². The van der Waals surface area contributed by atoms with Crippen LogP contribution in [0.5, 0.6) is 0 Å². The van der Waals surface area contributed by atoms with Gasteiger partial charge in [0.25, 0.3) is 0 Å². The summed E-state index contributed by atoms with van der Waals surface area (Å²) in [5.41, 5.74) is -0.258. The summed E-state index contributed by atoms with van der Waals surface area (Å²) in [6.07, 6.45) is 2.93. The zero-order valence-electron chi connectivity index (χ0n) is 5.84. The van der Waals surface area contributed by atoms with Crippen LogP contribution < -0.4 is 0 Å². The van der Waals surface area contributed by atoms with Crippen molar-refractivity contribution in [2.75, 3.05) is 6.61 Å². The van der Waals surface area contributed by atoms with Crippen molar-refractivity contribution in [2.24, 2.45) is 5.41 Å². The molecular weight excluding hydrogens is 132 g/mol. The third kappa shape index (κ3) is 1.29. The van der Waals surface area contributed by atoms with Crippen LogP contribution >= 0.6 is 0 Å². The first-order chi connectivity index (χ1) is 4.68. The molecule has 1 rings (SSSR count). The summed E-state index contributed by atoms with van der Waals surface area (Å²) in [5.74, 6) is -0.797. The second-order valence-corrected chi connectivity index (χ2v) is 3.08. The van der Waals surface area contributed by atoms with E-state index in [4.69, 9.17) is 10.2 Å². The van der Waals surface area contributed by atoms with Crippen molar-refractivity contribution in [2.45, 2.75) is 25.7 Å². The Balaban J connectivity index is 2.40. The number of aliphatic hydroxyl groups excluding tert-OH is 1. The summed E-state index contributed by atoms with van der Waals surface area (Å²) < 4.78 is 0. The van der Waals surface area contributed by atoms with Gasteiger partial charge >= 0.3 is 5.97 Å². The fourth-order valence-electron chi connectivity index (χ4n) is 1.39. The van der Waals surface area contributed by atoms with Crippen molar-refractivity contribution in [3.8, 4) is 0 Å². The molecule has 0 amide bonds. The highest BCUT2D eigenvalue weighted by Gasteiger charge is 2.38. The van der Waals surface area contributed by atoms with E-state index in [0.29, 0.717) is 0 Å². The number of aliphatic hydroxyl groups is 1. The van der Waals surface area contributed by atoms with E-state index < -0.39 is 5.97 Å². The van der Waals surface area contributed by atoms with Crippen LogP contribution in [0.4, 0.5) is 0 Å². The quantitative estimate of drug-likeness (QED) is 0.610. The Labute approximate surface area is 59.7 Å². The minimum Gasteiger partial charge on any atom is -0.481 e. The summed E-state index contributed by atoms with van der Waals surface area (Å²) in [7, 11) is 0. The smallest absolute Gasteiger partial charge is 0.303 e. The molecule has 1 fully saturated rings. The number of carbonyl (C=O) groups is 1. The molecule has 2 N–H and O–H groups in total. The van der Waals surface area contributed by atoms with Crippen LogP contribution in [0.25, 0.3) is 0 Å². The monoisotopic (exact) mass is 144 g/mol. The normalized spacial score (nSPS) is 21.7. The Hall–Kier alpha value is -0.570. The van der Waals surface area contributed by atoms with Gasteiger partial charge in [0.15, 0.2) is 0 Å². The van der Waals surface area contributed by atoms with Gasteiger partial charge in [-0.1, -0.05) is 6.42 Å². The van der Waals surface area contributed by atoms with Gasteiger partial charge in [-0.2, -0.15) is 0 Å². The summed E-state index contributed by atoms with van der Waals surface area (Å²) >= 11 is 0. The van der Waals surface area contributed by atoms with Gasteiger partial charge in [0, 0.05) is 12.0 Å². The number of rotatable bonds is 3. The van der Waals surface area contributed by atoms with E-state index in [9.17, 15) is 4.79 Å². The molecular formula is C7H12O3. The van der Waals surface area contributed by atoms with E-state index >= 15 is 0 Å². The highest BCUT2D eigenvalue weighted by molar-refractivity contribution is 5.67. The third-order valence-corrected chi connectivity index (χ3v) is 2.28. The van der Waals surface area contributed by atoms with Gasteiger partial charge in [0.05, 0.1) is 6.42 Å². The van der Waals surface area contributed by atoms with E-state index in [1.807, 2.05) is 0 Å². The molecule has 58 valence electrons. The van der Waals surface area contributed by atoms with Crippen molar-refractivity contribution < 1.29 is 15.0 Å². The molecule has 0 heterocycles. The minimum absolute atomic E-state index is 0.0271. The number of carboxylic acids is 1. The fraction of sp³-hybridized carbons (Fsp3) is 0.857. The van der Waals surface area contributed by atoms with E-state index in [-0.39, 0.29) is 18.4 Å². The minimum atomic E-state index is -0.797. The third-order valence-electron chi connectivity index (χ3n) is 2.28. The Kier molecular flexibility index (Phi) is 1.94. The van der Waals surface area contributed by atoms with Crippen LogP contribution in [0.3, 0.4) is 0 Å². The fourth-order valence-corrected chi connectivity index (χ4v) is 1.39. The molecule has 1 saturated carbocycles. The van der Waals surface area contributed by atoms with Crippen molar-refractivity contribution in [1.29, 1.82) is 0 Å². The molecule has 0 unspecified atom stereocenters. The molecule has 0 aromatic carbocycles. The van der Waals surface area contributed by atoms with Crippen molar-refractivity contribution >= 4 is 5.97 Å². The first-order valence-electron chi connectivity index (χ1n) is 3.51. The Morgan fingerprint density at radius 1 is 1.50 bits per heavy atom.